The summed E-state index contributed by atoms with van der Waals surface area (Å²) in [6, 6.07) is 11.2. The molecule has 148 valence electrons. The van der Waals surface area contributed by atoms with Crippen LogP contribution in [0.15, 0.2) is 42.5 Å². The summed E-state index contributed by atoms with van der Waals surface area (Å²) in [5.74, 6) is 0.508. The second-order valence-electron chi connectivity index (χ2n) is 6.52. The van der Waals surface area contributed by atoms with Crippen molar-refractivity contribution in [1.82, 2.24) is 4.90 Å². The molecule has 7 heteroatoms. The Morgan fingerprint density at radius 3 is 2.18 bits per heavy atom. The SMILES string of the molecule is COc1ccc(C(=O)N(C(=O)N2CCCCC2)c2ccc(Cl)cc2)cc1OC. The van der Waals surface area contributed by atoms with Crippen molar-refractivity contribution in [2.24, 2.45) is 0 Å². The minimum absolute atomic E-state index is 0.331. The Morgan fingerprint density at radius 2 is 1.57 bits per heavy atom. The lowest BCUT2D eigenvalue weighted by Crippen LogP contribution is -2.48. The van der Waals surface area contributed by atoms with Crippen LogP contribution in [0.25, 0.3) is 0 Å². The average molecular weight is 403 g/mol. The zero-order chi connectivity index (χ0) is 20.1. The Bertz CT molecular complexity index is 848. The van der Waals surface area contributed by atoms with E-state index in [-0.39, 0.29) is 6.03 Å². The number of piperidine rings is 1. The van der Waals surface area contributed by atoms with Gasteiger partial charge in [-0.05, 0) is 61.7 Å². The normalized spacial score (nSPS) is 13.8. The lowest BCUT2D eigenvalue weighted by molar-refractivity contribution is 0.0983. The maximum absolute atomic E-state index is 13.3. The number of nitrogens with zero attached hydrogens (tertiary/aromatic N) is 2. The Kier molecular flexibility index (Phi) is 6.41. The van der Waals surface area contributed by atoms with Gasteiger partial charge in [-0.3, -0.25) is 4.79 Å². The van der Waals surface area contributed by atoms with Gasteiger partial charge in [0.05, 0.1) is 19.9 Å². The Hall–Kier alpha value is -2.73. The van der Waals surface area contributed by atoms with Crippen molar-refractivity contribution < 1.29 is 19.1 Å². The first kappa shape index (κ1) is 20.0. The van der Waals surface area contributed by atoms with Gasteiger partial charge in [0.25, 0.3) is 5.91 Å². The third-order valence-electron chi connectivity index (χ3n) is 4.74. The molecule has 3 rings (SSSR count). The van der Waals surface area contributed by atoms with E-state index < -0.39 is 5.91 Å². The molecule has 1 aliphatic rings. The van der Waals surface area contributed by atoms with Crippen molar-refractivity contribution >= 4 is 29.2 Å². The Morgan fingerprint density at radius 1 is 0.929 bits per heavy atom. The third-order valence-corrected chi connectivity index (χ3v) is 4.99. The van der Waals surface area contributed by atoms with Crippen LogP contribution in [-0.2, 0) is 0 Å². The number of halogens is 1. The number of amides is 3. The van der Waals surface area contributed by atoms with Crippen LogP contribution in [0.4, 0.5) is 10.5 Å². The summed E-state index contributed by atoms with van der Waals surface area (Å²) in [6.45, 7) is 1.28. The van der Waals surface area contributed by atoms with Gasteiger partial charge >= 0.3 is 6.03 Å². The molecular weight excluding hydrogens is 380 g/mol. The maximum atomic E-state index is 13.3. The van der Waals surface area contributed by atoms with Gasteiger partial charge in [0.15, 0.2) is 11.5 Å². The van der Waals surface area contributed by atoms with Gasteiger partial charge in [-0.25, -0.2) is 9.69 Å². The fourth-order valence-electron chi connectivity index (χ4n) is 3.23. The predicted octanol–water partition coefficient (Wildman–Crippen LogP) is 4.61. The van der Waals surface area contributed by atoms with E-state index in [1.165, 1.54) is 19.1 Å². The number of carbonyl (C=O) groups excluding carboxylic acids is 2. The van der Waals surface area contributed by atoms with Crippen molar-refractivity contribution in [2.75, 3.05) is 32.2 Å². The molecule has 3 amide bonds. The number of ether oxygens (including phenoxy) is 2. The first-order valence-electron chi connectivity index (χ1n) is 9.16. The van der Waals surface area contributed by atoms with Crippen molar-refractivity contribution in [2.45, 2.75) is 19.3 Å². The number of anilines is 1. The van der Waals surface area contributed by atoms with Crippen molar-refractivity contribution in [3.8, 4) is 11.5 Å². The molecule has 0 spiro atoms. The van der Waals surface area contributed by atoms with Crippen molar-refractivity contribution in [1.29, 1.82) is 0 Å². The lowest BCUT2D eigenvalue weighted by atomic mass is 10.1. The summed E-state index contributed by atoms with van der Waals surface area (Å²) in [5.41, 5.74) is 0.803. The highest BCUT2D eigenvalue weighted by Crippen LogP contribution is 2.30. The number of carbonyl (C=O) groups is 2. The molecule has 0 N–H and O–H groups in total. The van der Waals surface area contributed by atoms with Crippen LogP contribution < -0.4 is 14.4 Å². The maximum Gasteiger partial charge on any atom is 0.331 e. The third kappa shape index (κ3) is 4.22. The lowest BCUT2D eigenvalue weighted by Gasteiger charge is -2.32. The van der Waals surface area contributed by atoms with Gasteiger partial charge in [-0.2, -0.15) is 0 Å². The molecule has 0 aromatic heterocycles. The Labute approximate surface area is 169 Å². The number of likely N-dealkylation sites (tertiary alicyclic amines) is 1. The van der Waals surface area contributed by atoms with Crippen LogP contribution in [-0.4, -0.2) is 44.1 Å². The van der Waals surface area contributed by atoms with Gasteiger partial charge in [-0.1, -0.05) is 11.6 Å². The molecule has 0 atom stereocenters. The molecule has 2 aromatic rings. The van der Waals surface area contributed by atoms with E-state index in [2.05, 4.69) is 0 Å². The average Bonchev–Trinajstić information content (AvgIpc) is 2.75. The highest BCUT2D eigenvalue weighted by Gasteiger charge is 2.30. The summed E-state index contributed by atoms with van der Waals surface area (Å²) in [7, 11) is 3.03. The quantitative estimate of drug-likeness (QED) is 0.749. The minimum atomic E-state index is -0.432. The van der Waals surface area contributed by atoms with Crippen LogP contribution in [0.3, 0.4) is 0 Å². The second kappa shape index (κ2) is 8.97. The summed E-state index contributed by atoms with van der Waals surface area (Å²) in [6.07, 6.45) is 2.96. The summed E-state index contributed by atoms with van der Waals surface area (Å²) in [5, 5.41) is 0.535. The summed E-state index contributed by atoms with van der Waals surface area (Å²) in [4.78, 5) is 29.5. The highest BCUT2D eigenvalue weighted by molar-refractivity contribution is 6.30. The molecule has 2 aromatic carbocycles. The van der Waals surface area contributed by atoms with E-state index in [1.54, 1.807) is 47.4 Å². The summed E-state index contributed by atoms with van der Waals surface area (Å²) < 4.78 is 10.5. The van der Waals surface area contributed by atoms with Gasteiger partial charge < -0.3 is 14.4 Å². The molecule has 0 saturated carbocycles. The van der Waals surface area contributed by atoms with Gasteiger partial charge in [-0.15, -0.1) is 0 Å². The molecule has 6 nitrogen and oxygen atoms in total. The molecule has 1 fully saturated rings. The van der Waals surface area contributed by atoms with E-state index >= 15 is 0 Å². The molecular formula is C21H23ClN2O4. The van der Waals surface area contributed by atoms with Crippen LogP contribution in [0, 0.1) is 0 Å². The van der Waals surface area contributed by atoms with Crippen molar-refractivity contribution in [3.63, 3.8) is 0 Å². The van der Waals surface area contributed by atoms with E-state index in [9.17, 15) is 9.59 Å². The number of hydrogen-bond acceptors (Lipinski definition) is 4. The number of imide groups is 1. The molecule has 1 saturated heterocycles. The van der Waals surface area contributed by atoms with E-state index in [0.717, 1.165) is 19.3 Å². The topological polar surface area (TPSA) is 59.1 Å². The number of urea groups is 1. The smallest absolute Gasteiger partial charge is 0.331 e. The minimum Gasteiger partial charge on any atom is -0.493 e. The van der Waals surface area contributed by atoms with E-state index in [1.807, 2.05) is 0 Å². The largest absolute Gasteiger partial charge is 0.493 e. The summed E-state index contributed by atoms with van der Waals surface area (Å²) >= 11 is 5.98. The predicted molar refractivity (Wildman–Crippen MR) is 109 cm³/mol. The second-order valence-corrected chi connectivity index (χ2v) is 6.95. The number of hydrogen-bond donors (Lipinski definition) is 0. The Balaban J connectivity index is 1.99. The van der Waals surface area contributed by atoms with Gasteiger partial charge in [0.1, 0.15) is 0 Å². The zero-order valence-corrected chi connectivity index (χ0v) is 16.7. The zero-order valence-electron chi connectivity index (χ0n) is 16.0. The van der Waals surface area contributed by atoms with Crippen LogP contribution in [0.2, 0.25) is 5.02 Å². The van der Waals surface area contributed by atoms with Crippen molar-refractivity contribution in [3.05, 3.63) is 53.1 Å². The fraction of sp³-hybridized carbons (Fsp3) is 0.333. The monoisotopic (exact) mass is 402 g/mol. The van der Waals surface area contributed by atoms with Gasteiger partial charge in [0.2, 0.25) is 0 Å². The molecule has 0 radical (unpaired) electrons. The highest BCUT2D eigenvalue weighted by atomic mass is 35.5. The molecule has 1 heterocycles. The van der Waals surface area contributed by atoms with Crippen LogP contribution >= 0.6 is 11.6 Å². The fourth-order valence-corrected chi connectivity index (χ4v) is 3.36. The van der Waals surface area contributed by atoms with E-state index in [4.69, 9.17) is 21.1 Å². The van der Waals surface area contributed by atoms with Gasteiger partial charge in [0, 0.05) is 23.7 Å². The number of benzene rings is 2. The standard InChI is InChI=1S/C21H23ClN2O4/c1-27-18-11-6-15(14-19(18)28-2)20(25)24(17-9-7-16(22)8-10-17)21(26)23-12-4-3-5-13-23/h6-11,14H,3-5,12-13H2,1-2H3. The molecule has 28 heavy (non-hydrogen) atoms. The first-order chi connectivity index (χ1) is 13.5. The molecule has 0 unspecified atom stereocenters. The first-order valence-corrected chi connectivity index (χ1v) is 9.54. The number of methoxy groups -OCH3 is 2. The number of rotatable bonds is 4. The van der Waals surface area contributed by atoms with Crippen LogP contribution in [0.1, 0.15) is 29.6 Å². The molecule has 1 aliphatic heterocycles. The molecule has 0 aliphatic carbocycles. The van der Waals surface area contributed by atoms with E-state index in [0.29, 0.717) is 40.9 Å². The van der Waals surface area contributed by atoms with Crippen LogP contribution in [0.5, 0.6) is 11.5 Å². The molecule has 0 bridgehead atoms.